The summed E-state index contributed by atoms with van der Waals surface area (Å²) in [5, 5.41) is 0.667. The first kappa shape index (κ1) is 25.5. The van der Waals surface area contributed by atoms with Crippen LogP contribution in [-0.2, 0) is 14.3 Å². The van der Waals surface area contributed by atoms with E-state index in [-0.39, 0.29) is 17.7 Å². The summed E-state index contributed by atoms with van der Waals surface area (Å²) in [7, 11) is 1.61. The van der Waals surface area contributed by atoms with Gasteiger partial charge in [0, 0.05) is 40.1 Å². The molecule has 1 aliphatic carbocycles. The standard InChI is InChI=1S/C28H30ClNO4S/c1-4-35-14-13-34-28(32)25-17(2)30-23-15-20(18-5-9-21(29)10-6-18)16-24(31)27(23)26(25)19-7-11-22(33-3)12-8-19/h5-12,20,25-26H,4,13-16H2,1-3H3/t20-,25?,26+/m1/s1. The number of Topliss-reactive ketones (excluding diaryl/α,β-unsaturated/α-hetero) is 1. The van der Waals surface area contributed by atoms with Crippen molar-refractivity contribution < 1.29 is 19.1 Å². The molecule has 2 aromatic carbocycles. The fraction of sp³-hybridized carbons (Fsp3) is 0.393. The van der Waals surface area contributed by atoms with E-state index in [1.807, 2.05) is 55.5 Å². The number of rotatable bonds is 8. The van der Waals surface area contributed by atoms with Crippen molar-refractivity contribution in [3.8, 4) is 5.75 Å². The van der Waals surface area contributed by atoms with Gasteiger partial charge in [0.1, 0.15) is 18.3 Å². The SMILES string of the molecule is CCSCCOC(=O)C1C(C)=NC2=C(C(=O)C[C@H](c3ccc(Cl)cc3)C2)[C@H]1c1ccc(OC)cc1. The number of allylic oxidation sites excluding steroid dienone is 2. The minimum absolute atomic E-state index is 0.0288. The van der Waals surface area contributed by atoms with Gasteiger partial charge in [0.05, 0.1) is 7.11 Å². The van der Waals surface area contributed by atoms with Crippen LogP contribution in [0.4, 0.5) is 0 Å². The Balaban J connectivity index is 1.70. The molecule has 0 spiro atoms. The van der Waals surface area contributed by atoms with Crippen molar-refractivity contribution in [1.82, 2.24) is 0 Å². The van der Waals surface area contributed by atoms with Gasteiger partial charge in [-0.1, -0.05) is 42.8 Å². The van der Waals surface area contributed by atoms with Crippen LogP contribution in [0.2, 0.25) is 5.02 Å². The number of ketones is 1. The van der Waals surface area contributed by atoms with Crippen LogP contribution in [-0.4, -0.2) is 42.7 Å². The van der Waals surface area contributed by atoms with Gasteiger partial charge in [0.15, 0.2) is 5.78 Å². The molecule has 0 fully saturated rings. The molecular formula is C28H30ClNO4S. The van der Waals surface area contributed by atoms with Crippen LogP contribution in [0.3, 0.4) is 0 Å². The maximum atomic E-state index is 13.6. The lowest BCUT2D eigenvalue weighted by Gasteiger charge is -2.36. The molecule has 1 heterocycles. The van der Waals surface area contributed by atoms with Crippen LogP contribution in [0.25, 0.3) is 0 Å². The Morgan fingerprint density at radius 2 is 1.77 bits per heavy atom. The van der Waals surface area contributed by atoms with Crippen molar-refractivity contribution >= 4 is 40.8 Å². The highest BCUT2D eigenvalue weighted by atomic mass is 35.5. The van der Waals surface area contributed by atoms with Crippen LogP contribution >= 0.6 is 23.4 Å². The lowest BCUT2D eigenvalue weighted by molar-refractivity contribution is -0.145. The predicted molar refractivity (Wildman–Crippen MR) is 142 cm³/mol. The number of carbonyl (C=O) groups is 2. The second-order valence-corrected chi connectivity index (χ2v) is 10.6. The van der Waals surface area contributed by atoms with E-state index in [1.165, 1.54) is 0 Å². The molecule has 5 nitrogen and oxygen atoms in total. The fourth-order valence-electron chi connectivity index (χ4n) is 4.94. The summed E-state index contributed by atoms with van der Waals surface area (Å²) in [5.41, 5.74) is 4.04. The number of halogens is 1. The molecule has 2 aliphatic rings. The molecule has 0 bridgehead atoms. The van der Waals surface area contributed by atoms with E-state index in [0.717, 1.165) is 34.1 Å². The molecule has 1 unspecified atom stereocenters. The quantitative estimate of drug-likeness (QED) is 0.311. The van der Waals surface area contributed by atoms with Crippen molar-refractivity contribution in [3.63, 3.8) is 0 Å². The molecule has 184 valence electrons. The molecule has 1 aliphatic heterocycles. The molecule has 0 radical (unpaired) electrons. The van der Waals surface area contributed by atoms with Crippen molar-refractivity contribution in [3.05, 3.63) is 76.0 Å². The van der Waals surface area contributed by atoms with E-state index in [9.17, 15) is 9.59 Å². The smallest absolute Gasteiger partial charge is 0.315 e. The molecule has 35 heavy (non-hydrogen) atoms. The Labute approximate surface area is 215 Å². The maximum Gasteiger partial charge on any atom is 0.315 e. The molecule has 0 N–H and O–H groups in total. The van der Waals surface area contributed by atoms with Gasteiger partial charge in [-0.3, -0.25) is 14.6 Å². The summed E-state index contributed by atoms with van der Waals surface area (Å²) in [6.07, 6.45) is 1.01. The van der Waals surface area contributed by atoms with Crippen LogP contribution in [0.15, 0.2) is 64.8 Å². The summed E-state index contributed by atoms with van der Waals surface area (Å²) < 4.78 is 11.0. The summed E-state index contributed by atoms with van der Waals surface area (Å²) >= 11 is 7.79. The Morgan fingerprint density at radius 3 is 2.43 bits per heavy atom. The third-order valence-electron chi connectivity index (χ3n) is 6.63. The summed E-state index contributed by atoms with van der Waals surface area (Å²) in [6, 6.07) is 15.2. The predicted octanol–water partition coefficient (Wildman–Crippen LogP) is 6.22. The highest BCUT2D eigenvalue weighted by Crippen LogP contribution is 2.47. The van der Waals surface area contributed by atoms with Crippen LogP contribution in [0.1, 0.15) is 49.7 Å². The topological polar surface area (TPSA) is 65.0 Å². The number of carbonyl (C=O) groups excluding carboxylic acids is 2. The fourth-order valence-corrected chi connectivity index (χ4v) is 5.56. The Hall–Kier alpha value is -2.57. The average molecular weight is 512 g/mol. The third kappa shape index (κ3) is 5.65. The second kappa shape index (κ2) is 11.4. The van der Waals surface area contributed by atoms with E-state index < -0.39 is 11.8 Å². The normalized spacial score (nSPS) is 21.9. The average Bonchev–Trinajstić information content (AvgIpc) is 2.86. The number of hydrogen-bond acceptors (Lipinski definition) is 6. The molecule has 0 aromatic heterocycles. The zero-order valence-corrected chi connectivity index (χ0v) is 21.8. The van der Waals surface area contributed by atoms with Crippen LogP contribution in [0, 0.1) is 5.92 Å². The van der Waals surface area contributed by atoms with E-state index in [0.29, 0.717) is 35.8 Å². The summed E-state index contributed by atoms with van der Waals surface area (Å²) in [6.45, 7) is 4.28. The Morgan fingerprint density at radius 1 is 1.09 bits per heavy atom. The van der Waals surface area contributed by atoms with Crippen LogP contribution < -0.4 is 4.74 Å². The summed E-state index contributed by atoms with van der Waals surface area (Å²) in [5.74, 6) is 1.09. The first-order valence-corrected chi connectivity index (χ1v) is 13.4. The third-order valence-corrected chi connectivity index (χ3v) is 7.75. The van der Waals surface area contributed by atoms with E-state index >= 15 is 0 Å². The van der Waals surface area contributed by atoms with Gasteiger partial charge in [-0.25, -0.2) is 0 Å². The number of ether oxygens (including phenoxy) is 2. The number of esters is 1. The van der Waals surface area contributed by atoms with E-state index in [1.54, 1.807) is 18.9 Å². The van der Waals surface area contributed by atoms with Crippen molar-refractivity contribution in [2.75, 3.05) is 25.2 Å². The zero-order valence-electron chi connectivity index (χ0n) is 20.3. The minimum atomic E-state index is -0.634. The summed E-state index contributed by atoms with van der Waals surface area (Å²) in [4.78, 5) is 31.7. The Kier molecular flexibility index (Phi) is 8.34. The van der Waals surface area contributed by atoms with Gasteiger partial charge in [-0.2, -0.15) is 11.8 Å². The van der Waals surface area contributed by atoms with Gasteiger partial charge in [0.2, 0.25) is 0 Å². The molecule has 7 heteroatoms. The molecule has 2 aromatic rings. The minimum Gasteiger partial charge on any atom is -0.497 e. The van der Waals surface area contributed by atoms with Gasteiger partial charge in [-0.15, -0.1) is 0 Å². The molecule has 4 rings (SSSR count). The van der Waals surface area contributed by atoms with Crippen LogP contribution in [0.5, 0.6) is 5.75 Å². The van der Waals surface area contributed by atoms with Crippen molar-refractivity contribution in [2.24, 2.45) is 10.9 Å². The zero-order chi connectivity index (χ0) is 24.9. The highest BCUT2D eigenvalue weighted by molar-refractivity contribution is 7.99. The number of aliphatic imine (C=N–C) groups is 1. The van der Waals surface area contributed by atoms with Gasteiger partial charge in [0.25, 0.3) is 0 Å². The Bertz CT molecular complexity index is 1140. The number of benzene rings is 2. The first-order valence-electron chi connectivity index (χ1n) is 11.9. The number of thioether (sulfide) groups is 1. The van der Waals surface area contributed by atoms with Crippen molar-refractivity contribution in [2.45, 2.75) is 38.5 Å². The van der Waals surface area contributed by atoms with Crippen molar-refractivity contribution in [1.29, 1.82) is 0 Å². The molecule has 3 atom stereocenters. The first-order chi connectivity index (χ1) is 16.9. The molecule has 0 amide bonds. The number of methoxy groups -OCH3 is 1. The number of nitrogens with zero attached hydrogens (tertiary/aromatic N) is 1. The largest absolute Gasteiger partial charge is 0.497 e. The van der Waals surface area contributed by atoms with Gasteiger partial charge >= 0.3 is 5.97 Å². The van der Waals surface area contributed by atoms with Gasteiger partial charge in [-0.05, 0) is 60.4 Å². The lowest BCUT2D eigenvalue weighted by atomic mass is 9.69. The molecule has 0 saturated carbocycles. The van der Waals surface area contributed by atoms with E-state index in [4.69, 9.17) is 26.1 Å². The monoisotopic (exact) mass is 511 g/mol. The highest BCUT2D eigenvalue weighted by Gasteiger charge is 2.44. The molecular weight excluding hydrogens is 482 g/mol. The lowest BCUT2D eigenvalue weighted by Crippen LogP contribution is -2.38. The van der Waals surface area contributed by atoms with E-state index in [2.05, 4.69) is 6.92 Å². The number of hydrogen-bond donors (Lipinski definition) is 0. The maximum absolute atomic E-state index is 13.6. The van der Waals surface area contributed by atoms with Gasteiger partial charge < -0.3 is 9.47 Å². The second-order valence-electron chi connectivity index (χ2n) is 8.79. The molecule has 0 saturated heterocycles.